The lowest BCUT2D eigenvalue weighted by molar-refractivity contribution is -0.164. The highest BCUT2D eigenvalue weighted by molar-refractivity contribution is 6.39. The molecule has 0 bridgehead atoms. The molecule has 2 fully saturated rings. The summed E-state index contributed by atoms with van der Waals surface area (Å²) in [7, 11) is 0. The van der Waals surface area contributed by atoms with Crippen LogP contribution in [0.25, 0.3) is 0 Å². The minimum Gasteiger partial charge on any atom is -0.464 e. The summed E-state index contributed by atoms with van der Waals surface area (Å²) in [5.41, 5.74) is -0.430. The van der Waals surface area contributed by atoms with E-state index in [0.29, 0.717) is 25.8 Å². The molecule has 0 radical (unpaired) electrons. The quantitative estimate of drug-likeness (QED) is 0.397. The number of hydrogen-bond donors (Lipinski definition) is 1. The van der Waals surface area contributed by atoms with E-state index < -0.39 is 29.3 Å². The molecule has 7 heteroatoms. The molecule has 1 amide bonds. The third kappa shape index (κ3) is 5.65. The number of carbonyl (C=O) groups is 3. The van der Waals surface area contributed by atoms with Gasteiger partial charge in [0.1, 0.15) is 11.6 Å². The van der Waals surface area contributed by atoms with Gasteiger partial charge in [-0.05, 0) is 63.0 Å². The van der Waals surface area contributed by atoms with Crippen molar-refractivity contribution in [2.45, 2.75) is 82.3 Å². The second kappa shape index (κ2) is 10.7. The number of carbonyl (C=O) groups excluding carboxylic acids is 3. The first-order valence-electron chi connectivity index (χ1n) is 11.1. The smallest absolute Gasteiger partial charge is 0.328 e. The van der Waals surface area contributed by atoms with E-state index in [2.05, 4.69) is 4.98 Å². The van der Waals surface area contributed by atoms with Gasteiger partial charge in [0.25, 0.3) is 11.7 Å². The minimum absolute atomic E-state index is 0.287. The van der Waals surface area contributed by atoms with E-state index in [0.717, 1.165) is 56.9 Å². The Morgan fingerprint density at radius 1 is 1.13 bits per heavy atom. The van der Waals surface area contributed by atoms with E-state index in [9.17, 15) is 19.5 Å². The number of nitrogens with zero attached hydrogens (tertiary/aromatic N) is 2. The van der Waals surface area contributed by atoms with E-state index in [4.69, 9.17) is 4.74 Å². The average Bonchev–Trinajstić information content (AvgIpc) is 2.79. The van der Waals surface area contributed by atoms with Gasteiger partial charge in [-0.25, -0.2) is 4.79 Å². The molecule has 1 atom stereocenters. The number of hydrogen-bond acceptors (Lipinski definition) is 6. The highest BCUT2D eigenvalue weighted by atomic mass is 16.5. The molecule has 2 heterocycles. The number of esters is 1. The molecule has 164 valence electrons. The van der Waals surface area contributed by atoms with Gasteiger partial charge in [-0.15, -0.1) is 0 Å². The molecule has 1 saturated carbocycles. The Kier molecular flexibility index (Phi) is 7.96. The number of ketones is 1. The molecule has 1 aliphatic carbocycles. The minimum atomic E-state index is -1.58. The Morgan fingerprint density at radius 3 is 2.67 bits per heavy atom. The number of unbranched alkanes of at least 4 members (excludes halogenated alkanes) is 1. The summed E-state index contributed by atoms with van der Waals surface area (Å²) < 4.78 is 5.43. The SMILES string of the molecule is O=C(OCCCCc1cccnc1)[C@@H]1CCCCN1C(=O)C(=O)C1(O)CCCCC1. The van der Waals surface area contributed by atoms with Gasteiger partial charge in [-0.3, -0.25) is 14.6 Å². The molecule has 7 nitrogen and oxygen atoms in total. The summed E-state index contributed by atoms with van der Waals surface area (Å²) in [5, 5.41) is 10.6. The van der Waals surface area contributed by atoms with Crippen LogP contribution >= 0.6 is 0 Å². The zero-order valence-electron chi connectivity index (χ0n) is 17.6. The van der Waals surface area contributed by atoms with Gasteiger partial charge in [-0.2, -0.15) is 0 Å². The van der Waals surface area contributed by atoms with Crippen molar-refractivity contribution in [3.8, 4) is 0 Å². The van der Waals surface area contributed by atoms with Crippen molar-refractivity contribution in [2.24, 2.45) is 0 Å². The van der Waals surface area contributed by atoms with E-state index in [-0.39, 0.29) is 6.61 Å². The number of amides is 1. The van der Waals surface area contributed by atoms with Gasteiger partial charge in [0.15, 0.2) is 0 Å². The van der Waals surface area contributed by atoms with Crippen LogP contribution in [-0.2, 0) is 25.5 Å². The van der Waals surface area contributed by atoms with Crippen LogP contribution in [0.4, 0.5) is 0 Å². The molecule has 0 spiro atoms. The molecule has 1 aromatic rings. The number of rotatable bonds is 8. The van der Waals surface area contributed by atoms with Crippen LogP contribution in [0, 0.1) is 0 Å². The van der Waals surface area contributed by atoms with E-state index >= 15 is 0 Å². The first-order chi connectivity index (χ1) is 14.5. The van der Waals surface area contributed by atoms with Crippen molar-refractivity contribution in [3.63, 3.8) is 0 Å². The standard InChI is InChI=1S/C23H32N2O5/c26-20(23(29)12-4-1-5-13-23)21(27)25-15-6-2-11-19(25)22(28)30-16-7-3-9-18-10-8-14-24-17-18/h8,10,14,17,19,29H,1-7,9,11-13,15-16H2/t19-/m0/s1. The highest BCUT2D eigenvalue weighted by Crippen LogP contribution is 2.30. The number of aromatic nitrogens is 1. The summed E-state index contributed by atoms with van der Waals surface area (Å²) in [6, 6.07) is 3.18. The number of likely N-dealkylation sites (tertiary alicyclic amines) is 1. The summed E-state index contributed by atoms with van der Waals surface area (Å²) in [4.78, 5) is 43.6. The average molecular weight is 417 g/mol. The van der Waals surface area contributed by atoms with Crippen molar-refractivity contribution in [3.05, 3.63) is 30.1 Å². The second-order valence-electron chi connectivity index (χ2n) is 8.42. The molecule has 1 saturated heterocycles. The number of aliphatic hydroxyl groups is 1. The molecule has 1 aromatic heterocycles. The van der Waals surface area contributed by atoms with Crippen LogP contribution in [0.3, 0.4) is 0 Å². The third-order valence-corrected chi connectivity index (χ3v) is 6.16. The maximum Gasteiger partial charge on any atom is 0.328 e. The van der Waals surface area contributed by atoms with Crippen molar-refractivity contribution >= 4 is 17.7 Å². The first-order valence-corrected chi connectivity index (χ1v) is 11.1. The van der Waals surface area contributed by atoms with Gasteiger partial charge < -0.3 is 14.7 Å². The predicted octanol–water partition coefficient (Wildman–Crippen LogP) is 2.59. The highest BCUT2D eigenvalue weighted by Gasteiger charge is 2.45. The lowest BCUT2D eigenvalue weighted by Crippen LogP contribution is -2.56. The maximum absolute atomic E-state index is 12.9. The Bertz CT molecular complexity index is 730. The topological polar surface area (TPSA) is 96.8 Å². The van der Waals surface area contributed by atoms with Crippen molar-refractivity contribution < 1.29 is 24.2 Å². The zero-order chi connectivity index (χ0) is 21.4. The van der Waals surface area contributed by atoms with Gasteiger partial charge in [0, 0.05) is 18.9 Å². The number of piperidine rings is 1. The molecule has 2 aliphatic rings. The first kappa shape index (κ1) is 22.4. The summed E-state index contributed by atoms with van der Waals surface area (Å²) in [5.74, 6) is -1.95. The monoisotopic (exact) mass is 416 g/mol. The fourth-order valence-electron chi connectivity index (χ4n) is 4.36. The van der Waals surface area contributed by atoms with Crippen molar-refractivity contribution in [1.29, 1.82) is 0 Å². The number of pyridine rings is 1. The predicted molar refractivity (Wildman–Crippen MR) is 111 cm³/mol. The molecule has 1 aliphatic heterocycles. The van der Waals surface area contributed by atoms with E-state index in [1.807, 2.05) is 18.3 Å². The Morgan fingerprint density at radius 2 is 1.93 bits per heavy atom. The fraction of sp³-hybridized carbons (Fsp3) is 0.652. The van der Waals surface area contributed by atoms with Crippen LogP contribution in [0.1, 0.15) is 69.8 Å². The summed E-state index contributed by atoms with van der Waals surface area (Å²) in [6.45, 7) is 0.636. The molecule has 0 aromatic carbocycles. The Balaban J connectivity index is 1.49. The third-order valence-electron chi connectivity index (χ3n) is 6.16. The van der Waals surface area contributed by atoms with Gasteiger partial charge >= 0.3 is 5.97 Å². The molecular weight excluding hydrogens is 384 g/mol. The number of ether oxygens (including phenoxy) is 1. The summed E-state index contributed by atoms with van der Waals surface area (Å²) in [6.07, 6.45) is 11.1. The maximum atomic E-state index is 12.9. The van der Waals surface area contributed by atoms with E-state index in [1.54, 1.807) is 6.20 Å². The normalized spacial score (nSPS) is 21.1. The van der Waals surface area contributed by atoms with Gasteiger partial charge in [0.2, 0.25) is 0 Å². The molecule has 3 rings (SSSR count). The fourth-order valence-corrected chi connectivity index (χ4v) is 4.36. The van der Waals surface area contributed by atoms with Crippen molar-refractivity contribution in [1.82, 2.24) is 9.88 Å². The largest absolute Gasteiger partial charge is 0.464 e. The van der Waals surface area contributed by atoms with Gasteiger partial charge in [0.05, 0.1) is 6.61 Å². The van der Waals surface area contributed by atoms with Crippen LogP contribution in [0.2, 0.25) is 0 Å². The molecule has 1 N–H and O–H groups in total. The van der Waals surface area contributed by atoms with Crippen LogP contribution < -0.4 is 0 Å². The Hall–Kier alpha value is -2.28. The van der Waals surface area contributed by atoms with Gasteiger partial charge in [-0.1, -0.05) is 25.3 Å². The van der Waals surface area contributed by atoms with Crippen LogP contribution in [0.15, 0.2) is 24.5 Å². The molecule has 0 unspecified atom stereocenters. The Labute approximate surface area is 177 Å². The van der Waals surface area contributed by atoms with E-state index in [1.165, 1.54) is 4.90 Å². The number of aryl methyl sites for hydroxylation is 1. The van der Waals surface area contributed by atoms with Crippen LogP contribution in [-0.4, -0.2) is 57.4 Å². The lowest BCUT2D eigenvalue weighted by Gasteiger charge is -2.36. The molecular formula is C23H32N2O5. The van der Waals surface area contributed by atoms with Crippen molar-refractivity contribution in [2.75, 3.05) is 13.2 Å². The second-order valence-corrected chi connectivity index (χ2v) is 8.42. The van der Waals surface area contributed by atoms with Crippen LogP contribution in [0.5, 0.6) is 0 Å². The lowest BCUT2D eigenvalue weighted by atomic mass is 9.81. The summed E-state index contributed by atoms with van der Waals surface area (Å²) >= 11 is 0. The zero-order valence-corrected chi connectivity index (χ0v) is 17.6. The molecule has 30 heavy (non-hydrogen) atoms. The number of Topliss-reactive ketones (excluding diaryl/α,β-unsaturated/α-hetero) is 1.